The van der Waals surface area contributed by atoms with E-state index < -0.39 is 10.8 Å². The molecular formula is C14H14OS2. The predicted octanol–water partition coefficient (Wildman–Crippen LogP) is 3.85. The summed E-state index contributed by atoms with van der Waals surface area (Å²) in [6.07, 6.45) is 0. The Morgan fingerprint density at radius 3 is 2.29 bits per heavy atom. The number of benzene rings is 2. The summed E-state index contributed by atoms with van der Waals surface area (Å²) in [5.74, 6) is 0. The smallest absolute Gasteiger partial charge is 0.0786 e. The van der Waals surface area contributed by atoms with Gasteiger partial charge in [-0.15, -0.1) is 11.8 Å². The predicted molar refractivity (Wildman–Crippen MR) is 74.8 cm³/mol. The molecule has 0 N–H and O–H groups in total. The normalized spacial score (nSPS) is 12.3. The highest BCUT2D eigenvalue weighted by Crippen LogP contribution is 2.20. The Morgan fingerprint density at radius 2 is 1.65 bits per heavy atom. The number of aryl methyl sites for hydroxylation is 1. The van der Waals surface area contributed by atoms with Crippen LogP contribution in [-0.4, -0.2) is 9.29 Å². The molecule has 88 valence electrons. The number of rotatable bonds is 4. The lowest BCUT2D eigenvalue weighted by Crippen LogP contribution is -1.94. The Labute approximate surface area is 109 Å². The fraction of sp³-hybridized carbons (Fsp3) is 0.143. The van der Waals surface area contributed by atoms with Crippen molar-refractivity contribution in [2.75, 3.05) is 5.08 Å². The molecule has 0 saturated carbocycles. The zero-order valence-corrected chi connectivity index (χ0v) is 11.3. The number of thioether (sulfide) groups is 1. The van der Waals surface area contributed by atoms with Gasteiger partial charge in [0.15, 0.2) is 0 Å². The molecule has 1 atom stereocenters. The lowest BCUT2D eigenvalue weighted by Gasteiger charge is -2.03. The molecule has 0 aliphatic heterocycles. The molecule has 0 aliphatic carbocycles. The second-order valence-corrected chi connectivity index (χ2v) is 6.60. The summed E-state index contributed by atoms with van der Waals surface area (Å²) < 4.78 is 12.0. The third kappa shape index (κ3) is 3.72. The lowest BCUT2D eigenvalue weighted by atomic mass is 10.2. The van der Waals surface area contributed by atoms with Crippen LogP contribution in [0.4, 0.5) is 0 Å². The van der Waals surface area contributed by atoms with Crippen molar-refractivity contribution in [2.45, 2.75) is 16.7 Å². The van der Waals surface area contributed by atoms with E-state index in [1.165, 1.54) is 5.56 Å². The van der Waals surface area contributed by atoms with Crippen LogP contribution in [-0.2, 0) is 10.8 Å². The van der Waals surface area contributed by atoms with E-state index in [0.29, 0.717) is 5.08 Å². The first-order chi connectivity index (χ1) is 8.25. The fourth-order valence-electron chi connectivity index (χ4n) is 1.40. The summed E-state index contributed by atoms with van der Waals surface area (Å²) in [4.78, 5) is 2.06. The molecule has 0 aliphatic rings. The minimum absolute atomic E-state index is 0.604. The van der Waals surface area contributed by atoms with Crippen LogP contribution in [0, 0.1) is 6.92 Å². The van der Waals surface area contributed by atoms with Crippen molar-refractivity contribution in [3.63, 3.8) is 0 Å². The van der Waals surface area contributed by atoms with Crippen molar-refractivity contribution < 1.29 is 4.21 Å². The van der Waals surface area contributed by atoms with Crippen LogP contribution in [0.3, 0.4) is 0 Å². The monoisotopic (exact) mass is 262 g/mol. The third-order valence-electron chi connectivity index (χ3n) is 2.36. The first kappa shape index (κ1) is 12.4. The quantitative estimate of drug-likeness (QED) is 0.778. The van der Waals surface area contributed by atoms with E-state index >= 15 is 0 Å². The molecule has 2 aromatic carbocycles. The van der Waals surface area contributed by atoms with Gasteiger partial charge in [-0.3, -0.25) is 4.21 Å². The van der Waals surface area contributed by atoms with Gasteiger partial charge < -0.3 is 0 Å². The largest absolute Gasteiger partial charge is 0.253 e. The molecule has 0 radical (unpaired) electrons. The summed E-state index contributed by atoms with van der Waals surface area (Å²) >= 11 is 1.63. The van der Waals surface area contributed by atoms with Gasteiger partial charge in [0.1, 0.15) is 0 Å². The Bertz CT molecular complexity index is 491. The van der Waals surface area contributed by atoms with Gasteiger partial charge in [-0.2, -0.15) is 0 Å². The molecule has 0 bridgehead atoms. The van der Waals surface area contributed by atoms with E-state index in [1.54, 1.807) is 11.8 Å². The van der Waals surface area contributed by atoms with Crippen molar-refractivity contribution >= 4 is 22.6 Å². The first-order valence-electron chi connectivity index (χ1n) is 5.38. The van der Waals surface area contributed by atoms with Crippen LogP contribution in [0.5, 0.6) is 0 Å². The lowest BCUT2D eigenvalue weighted by molar-refractivity contribution is 0.686. The molecule has 0 saturated heterocycles. The molecule has 0 spiro atoms. The van der Waals surface area contributed by atoms with E-state index in [2.05, 4.69) is 0 Å². The summed E-state index contributed by atoms with van der Waals surface area (Å²) in [5.41, 5.74) is 1.20. The van der Waals surface area contributed by atoms with Gasteiger partial charge in [-0.05, 0) is 31.2 Å². The van der Waals surface area contributed by atoms with Crippen LogP contribution < -0.4 is 0 Å². The number of hydrogen-bond acceptors (Lipinski definition) is 2. The van der Waals surface area contributed by atoms with E-state index in [9.17, 15) is 4.21 Å². The van der Waals surface area contributed by atoms with Gasteiger partial charge in [-0.25, -0.2) is 0 Å². The van der Waals surface area contributed by atoms with Gasteiger partial charge in [-0.1, -0.05) is 35.9 Å². The van der Waals surface area contributed by atoms with Gasteiger partial charge in [0.25, 0.3) is 0 Å². The Balaban J connectivity index is 1.96. The van der Waals surface area contributed by atoms with Crippen LogP contribution in [0.25, 0.3) is 0 Å². The minimum atomic E-state index is -0.929. The SMILES string of the molecule is Cc1ccc(S(=O)CSc2ccccc2)cc1. The Kier molecular flexibility index (Phi) is 4.40. The minimum Gasteiger partial charge on any atom is -0.253 e. The van der Waals surface area contributed by atoms with Gasteiger partial charge >= 0.3 is 0 Å². The van der Waals surface area contributed by atoms with Crippen LogP contribution in [0.15, 0.2) is 64.4 Å². The topological polar surface area (TPSA) is 17.1 Å². The van der Waals surface area contributed by atoms with E-state index in [1.807, 2.05) is 61.5 Å². The van der Waals surface area contributed by atoms with Crippen molar-refractivity contribution in [1.82, 2.24) is 0 Å². The molecule has 17 heavy (non-hydrogen) atoms. The highest BCUT2D eigenvalue weighted by atomic mass is 32.2. The Morgan fingerprint density at radius 1 is 1.00 bits per heavy atom. The van der Waals surface area contributed by atoms with Crippen molar-refractivity contribution in [3.8, 4) is 0 Å². The van der Waals surface area contributed by atoms with Gasteiger partial charge in [0.05, 0.1) is 15.9 Å². The molecule has 1 unspecified atom stereocenters. The zero-order chi connectivity index (χ0) is 12.1. The summed E-state index contributed by atoms with van der Waals surface area (Å²) in [6, 6.07) is 17.9. The average molecular weight is 262 g/mol. The van der Waals surface area contributed by atoms with Crippen molar-refractivity contribution in [2.24, 2.45) is 0 Å². The number of hydrogen-bond donors (Lipinski definition) is 0. The van der Waals surface area contributed by atoms with Crippen molar-refractivity contribution in [3.05, 3.63) is 60.2 Å². The molecule has 1 nitrogen and oxygen atoms in total. The first-order valence-corrected chi connectivity index (χ1v) is 7.69. The second kappa shape index (κ2) is 6.03. The van der Waals surface area contributed by atoms with Crippen LogP contribution >= 0.6 is 11.8 Å². The van der Waals surface area contributed by atoms with Crippen LogP contribution in [0.2, 0.25) is 0 Å². The maximum atomic E-state index is 12.0. The molecule has 2 aromatic rings. The van der Waals surface area contributed by atoms with Gasteiger partial charge in [0, 0.05) is 9.79 Å². The summed E-state index contributed by atoms with van der Waals surface area (Å²) in [5, 5.41) is 0.604. The van der Waals surface area contributed by atoms with E-state index in [-0.39, 0.29) is 0 Å². The fourth-order valence-corrected chi connectivity index (χ4v) is 3.70. The van der Waals surface area contributed by atoms with Gasteiger partial charge in [0.2, 0.25) is 0 Å². The zero-order valence-electron chi connectivity index (χ0n) is 9.63. The molecule has 0 amide bonds. The van der Waals surface area contributed by atoms with E-state index in [4.69, 9.17) is 0 Å². The maximum absolute atomic E-state index is 12.0. The molecular weight excluding hydrogens is 248 g/mol. The van der Waals surface area contributed by atoms with E-state index in [0.717, 1.165) is 9.79 Å². The summed E-state index contributed by atoms with van der Waals surface area (Å²) in [7, 11) is -0.929. The molecule has 2 rings (SSSR count). The average Bonchev–Trinajstić information content (AvgIpc) is 2.38. The molecule has 0 heterocycles. The highest BCUT2D eigenvalue weighted by Gasteiger charge is 2.04. The molecule has 0 fully saturated rings. The highest BCUT2D eigenvalue weighted by molar-refractivity contribution is 8.10. The maximum Gasteiger partial charge on any atom is 0.0786 e. The standard InChI is InChI=1S/C14H14OS2/c1-12-7-9-14(10-8-12)17(15)11-16-13-5-3-2-4-6-13/h2-10H,11H2,1H3. The van der Waals surface area contributed by atoms with Crippen molar-refractivity contribution in [1.29, 1.82) is 0 Å². The van der Waals surface area contributed by atoms with Crippen LogP contribution in [0.1, 0.15) is 5.56 Å². The second-order valence-electron chi connectivity index (χ2n) is 3.73. The molecule has 3 heteroatoms. The molecule has 0 aromatic heterocycles. The third-order valence-corrected chi connectivity index (χ3v) is 5.09. The summed E-state index contributed by atoms with van der Waals surface area (Å²) in [6.45, 7) is 2.03. The Hall–Kier alpha value is -1.06.